The summed E-state index contributed by atoms with van der Waals surface area (Å²) >= 11 is 0. The Morgan fingerprint density at radius 2 is 1.62 bits per heavy atom. The lowest BCUT2D eigenvalue weighted by Gasteiger charge is -2.08. The number of nitrogens with one attached hydrogen (secondary N) is 2. The van der Waals surface area contributed by atoms with Crippen molar-refractivity contribution in [1.29, 1.82) is 0 Å². The van der Waals surface area contributed by atoms with Gasteiger partial charge in [0.15, 0.2) is 5.76 Å². The molecule has 0 saturated carbocycles. The van der Waals surface area contributed by atoms with E-state index in [9.17, 15) is 13.2 Å². The third kappa shape index (κ3) is 4.12. The smallest absolute Gasteiger partial charge is 0.292 e. The van der Waals surface area contributed by atoms with Gasteiger partial charge >= 0.3 is 0 Å². The standard InChI is InChI=1S/C19H18N2O4S/c1-2-26(23,24)21-16-10-8-15(9-11-16)20-19(22)18-17(12-13-25-18)14-6-4-3-5-7-14/h3-13,21H,2H2,1H3,(H,20,22). The molecule has 0 radical (unpaired) electrons. The molecular formula is C19H18N2O4S. The summed E-state index contributed by atoms with van der Waals surface area (Å²) in [7, 11) is -3.33. The van der Waals surface area contributed by atoms with Crippen LogP contribution in [0.3, 0.4) is 0 Å². The summed E-state index contributed by atoms with van der Waals surface area (Å²) in [4.78, 5) is 12.5. The van der Waals surface area contributed by atoms with E-state index >= 15 is 0 Å². The van der Waals surface area contributed by atoms with E-state index in [0.29, 0.717) is 16.9 Å². The van der Waals surface area contributed by atoms with Crippen LogP contribution >= 0.6 is 0 Å². The van der Waals surface area contributed by atoms with E-state index in [-0.39, 0.29) is 17.4 Å². The van der Waals surface area contributed by atoms with Crippen LogP contribution in [0.5, 0.6) is 0 Å². The van der Waals surface area contributed by atoms with Gasteiger partial charge in [-0.15, -0.1) is 0 Å². The zero-order valence-corrected chi connectivity index (χ0v) is 14.9. The number of sulfonamides is 1. The SMILES string of the molecule is CCS(=O)(=O)Nc1ccc(NC(=O)c2occc2-c2ccccc2)cc1. The molecule has 1 heterocycles. The number of benzene rings is 2. The molecule has 0 atom stereocenters. The first-order chi connectivity index (χ1) is 12.5. The van der Waals surface area contributed by atoms with Gasteiger partial charge in [0.1, 0.15) is 0 Å². The molecule has 0 saturated heterocycles. The van der Waals surface area contributed by atoms with Gasteiger partial charge in [-0.25, -0.2) is 8.42 Å². The van der Waals surface area contributed by atoms with E-state index in [1.54, 1.807) is 37.3 Å². The molecule has 0 spiro atoms. The van der Waals surface area contributed by atoms with Gasteiger partial charge in [0.05, 0.1) is 12.0 Å². The van der Waals surface area contributed by atoms with Gasteiger partial charge in [-0.2, -0.15) is 0 Å². The number of furan rings is 1. The summed E-state index contributed by atoms with van der Waals surface area (Å²) in [6, 6.07) is 17.6. The van der Waals surface area contributed by atoms with Crippen molar-refractivity contribution in [1.82, 2.24) is 0 Å². The average molecular weight is 370 g/mol. The first kappa shape index (κ1) is 17.8. The second-order valence-corrected chi connectivity index (χ2v) is 7.58. The molecule has 134 valence electrons. The minimum Gasteiger partial charge on any atom is -0.459 e. The Bertz CT molecular complexity index is 994. The highest BCUT2D eigenvalue weighted by Gasteiger charge is 2.17. The molecule has 0 aliphatic carbocycles. The maximum Gasteiger partial charge on any atom is 0.292 e. The van der Waals surface area contributed by atoms with Crippen molar-refractivity contribution < 1.29 is 17.6 Å². The van der Waals surface area contributed by atoms with Gasteiger partial charge in [0.2, 0.25) is 10.0 Å². The van der Waals surface area contributed by atoms with E-state index in [1.807, 2.05) is 30.3 Å². The number of rotatable bonds is 6. The molecule has 0 aliphatic rings. The monoisotopic (exact) mass is 370 g/mol. The summed E-state index contributed by atoms with van der Waals surface area (Å²) in [5, 5.41) is 2.75. The predicted molar refractivity (Wildman–Crippen MR) is 102 cm³/mol. The first-order valence-corrected chi connectivity index (χ1v) is 9.68. The molecule has 1 aromatic heterocycles. The highest BCUT2D eigenvalue weighted by molar-refractivity contribution is 7.92. The maximum atomic E-state index is 12.5. The van der Waals surface area contributed by atoms with Gasteiger partial charge in [-0.3, -0.25) is 9.52 Å². The third-order valence-corrected chi connectivity index (χ3v) is 5.06. The van der Waals surface area contributed by atoms with Crippen LogP contribution in [0.4, 0.5) is 11.4 Å². The third-order valence-electron chi connectivity index (χ3n) is 3.75. The van der Waals surface area contributed by atoms with E-state index in [4.69, 9.17) is 4.42 Å². The van der Waals surface area contributed by atoms with Crippen molar-refractivity contribution in [3.63, 3.8) is 0 Å². The van der Waals surface area contributed by atoms with Crippen LogP contribution in [0.15, 0.2) is 71.3 Å². The fraction of sp³-hybridized carbons (Fsp3) is 0.105. The van der Waals surface area contributed by atoms with E-state index < -0.39 is 10.0 Å². The van der Waals surface area contributed by atoms with Gasteiger partial charge in [0, 0.05) is 16.9 Å². The van der Waals surface area contributed by atoms with Crippen molar-refractivity contribution in [2.75, 3.05) is 15.8 Å². The highest BCUT2D eigenvalue weighted by atomic mass is 32.2. The van der Waals surface area contributed by atoms with Gasteiger partial charge in [0.25, 0.3) is 5.91 Å². The van der Waals surface area contributed by atoms with Crippen molar-refractivity contribution >= 4 is 27.3 Å². The van der Waals surface area contributed by atoms with E-state index in [0.717, 1.165) is 5.56 Å². The lowest BCUT2D eigenvalue weighted by molar-refractivity contribution is 0.0997. The van der Waals surface area contributed by atoms with Crippen LogP contribution < -0.4 is 10.0 Å². The lowest BCUT2D eigenvalue weighted by atomic mass is 10.1. The zero-order valence-electron chi connectivity index (χ0n) is 14.1. The molecule has 7 heteroatoms. The molecule has 1 amide bonds. The topological polar surface area (TPSA) is 88.4 Å². The molecule has 2 N–H and O–H groups in total. The second-order valence-electron chi connectivity index (χ2n) is 5.57. The quantitative estimate of drug-likeness (QED) is 0.687. The van der Waals surface area contributed by atoms with Crippen molar-refractivity contribution in [2.45, 2.75) is 6.92 Å². The number of anilines is 2. The van der Waals surface area contributed by atoms with Crippen LogP contribution in [-0.4, -0.2) is 20.1 Å². The highest BCUT2D eigenvalue weighted by Crippen LogP contribution is 2.25. The van der Waals surface area contributed by atoms with Crippen LogP contribution in [0.2, 0.25) is 0 Å². The van der Waals surface area contributed by atoms with Crippen LogP contribution in [0.25, 0.3) is 11.1 Å². The average Bonchev–Trinajstić information content (AvgIpc) is 3.14. The summed E-state index contributed by atoms with van der Waals surface area (Å²) < 4.78 is 30.9. The zero-order chi connectivity index (χ0) is 18.6. The van der Waals surface area contributed by atoms with Gasteiger partial charge in [-0.1, -0.05) is 30.3 Å². The predicted octanol–water partition coefficient (Wildman–Crippen LogP) is 3.96. The maximum absolute atomic E-state index is 12.5. The van der Waals surface area contributed by atoms with Crippen molar-refractivity contribution in [3.05, 3.63) is 72.7 Å². The molecule has 6 nitrogen and oxygen atoms in total. The number of carbonyl (C=O) groups excluding carboxylic acids is 1. The molecule has 2 aromatic carbocycles. The normalized spacial score (nSPS) is 11.1. The summed E-state index contributed by atoms with van der Waals surface area (Å²) in [5.41, 5.74) is 2.56. The minimum atomic E-state index is -3.33. The number of amides is 1. The summed E-state index contributed by atoms with van der Waals surface area (Å²) in [6.07, 6.45) is 1.47. The van der Waals surface area contributed by atoms with Gasteiger partial charge in [-0.05, 0) is 42.8 Å². The fourth-order valence-corrected chi connectivity index (χ4v) is 3.03. The Labute approximate surface area is 151 Å². The molecule has 0 aliphatic heterocycles. The Balaban J connectivity index is 1.74. The molecular weight excluding hydrogens is 352 g/mol. The van der Waals surface area contributed by atoms with Gasteiger partial charge < -0.3 is 9.73 Å². The lowest BCUT2D eigenvalue weighted by Crippen LogP contribution is -2.15. The first-order valence-electron chi connectivity index (χ1n) is 8.03. The molecule has 3 rings (SSSR count). The summed E-state index contributed by atoms with van der Waals surface area (Å²) in [6.45, 7) is 1.56. The second kappa shape index (κ2) is 7.45. The van der Waals surface area contributed by atoms with Crippen molar-refractivity contribution in [2.24, 2.45) is 0 Å². The van der Waals surface area contributed by atoms with Crippen LogP contribution in [0, 0.1) is 0 Å². The molecule has 26 heavy (non-hydrogen) atoms. The Hall–Kier alpha value is -3.06. The Morgan fingerprint density at radius 1 is 0.962 bits per heavy atom. The molecule has 0 bridgehead atoms. The van der Waals surface area contributed by atoms with Crippen LogP contribution in [0.1, 0.15) is 17.5 Å². The molecule has 0 unspecified atom stereocenters. The Morgan fingerprint density at radius 3 is 2.27 bits per heavy atom. The van der Waals surface area contributed by atoms with Crippen molar-refractivity contribution in [3.8, 4) is 11.1 Å². The molecule has 0 fully saturated rings. The van der Waals surface area contributed by atoms with E-state index in [2.05, 4.69) is 10.0 Å². The van der Waals surface area contributed by atoms with Crippen LogP contribution in [-0.2, 0) is 10.0 Å². The number of hydrogen-bond donors (Lipinski definition) is 2. The van der Waals surface area contributed by atoms with E-state index in [1.165, 1.54) is 6.26 Å². The Kier molecular flexibility index (Phi) is 5.09. The number of hydrogen-bond acceptors (Lipinski definition) is 4. The fourth-order valence-electron chi connectivity index (χ4n) is 2.39. The minimum absolute atomic E-state index is 0.00769. The number of carbonyl (C=O) groups is 1. The summed E-state index contributed by atoms with van der Waals surface area (Å²) in [5.74, 6) is -0.172. The molecule has 3 aromatic rings. The largest absolute Gasteiger partial charge is 0.459 e.